The highest BCUT2D eigenvalue weighted by molar-refractivity contribution is 7.10. The molecule has 2 aliphatic rings. The lowest BCUT2D eigenvalue weighted by Crippen LogP contribution is -2.22. The highest BCUT2D eigenvalue weighted by atomic mass is 32.1. The molecule has 1 fully saturated rings. The van der Waals surface area contributed by atoms with Crippen LogP contribution in [0.15, 0.2) is 17.6 Å². The summed E-state index contributed by atoms with van der Waals surface area (Å²) in [4.78, 5) is 15.6. The van der Waals surface area contributed by atoms with E-state index in [9.17, 15) is 4.79 Å². The van der Waals surface area contributed by atoms with E-state index in [-0.39, 0.29) is 11.8 Å². The van der Waals surface area contributed by atoms with Crippen LogP contribution in [0.1, 0.15) is 41.2 Å². The average Bonchev–Trinajstić information content (AvgIpc) is 3.18. The first kappa shape index (κ1) is 13.0. The number of likely N-dealkylation sites (tertiary alicyclic amines) is 1. The number of aromatic nitrogens is 2. The molecular formula is C15H18N4OS. The largest absolute Gasteiger partial charge is 0.311 e. The molecule has 21 heavy (non-hydrogen) atoms. The maximum atomic E-state index is 11.8. The number of hydrogen-bond donors (Lipinski definition) is 2. The van der Waals surface area contributed by atoms with Gasteiger partial charge in [0.1, 0.15) is 5.82 Å². The summed E-state index contributed by atoms with van der Waals surface area (Å²) in [6, 6.07) is 2.27. The van der Waals surface area contributed by atoms with E-state index in [1.54, 1.807) is 11.3 Å². The fourth-order valence-corrected chi connectivity index (χ4v) is 4.28. The number of carbonyl (C=O) groups excluding carboxylic acids is 1. The summed E-state index contributed by atoms with van der Waals surface area (Å²) < 4.78 is 0. The molecule has 4 heterocycles. The van der Waals surface area contributed by atoms with E-state index in [1.165, 1.54) is 36.4 Å². The Kier molecular flexibility index (Phi) is 3.27. The van der Waals surface area contributed by atoms with E-state index in [0.717, 1.165) is 17.9 Å². The third-order valence-corrected chi connectivity index (χ3v) is 5.42. The van der Waals surface area contributed by atoms with Crippen molar-refractivity contribution in [3.05, 3.63) is 33.6 Å². The van der Waals surface area contributed by atoms with Gasteiger partial charge in [-0.15, -0.1) is 11.3 Å². The van der Waals surface area contributed by atoms with E-state index in [2.05, 4.69) is 31.9 Å². The molecule has 0 radical (unpaired) electrons. The van der Waals surface area contributed by atoms with Gasteiger partial charge in [0.05, 0.1) is 6.20 Å². The first-order valence-corrected chi connectivity index (χ1v) is 8.30. The molecule has 0 spiro atoms. The lowest BCUT2D eigenvalue weighted by molar-refractivity contribution is -0.116. The Bertz CT molecular complexity index is 656. The van der Waals surface area contributed by atoms with Gasteiger partial charge >= 0.3 is 0 Å². The fourth-order valence-electron chi connectivity index (χ4n) is 3.26. The molecule has 0 aliphatic carbocycles. The van der Waals surface area contributed by atoms with Crippen LogP contribution in [-0.2, 0) is 11.3 Å². The standard InChI is InChI=1S/C15H18N4OS/c20-14-6-11(12-7-16-18-15(12)17-14)13-5-10(9-21-13)8-19-3-1-2-4-19/h5,7,9,11H,1-4,6,8H2,(H2,16,17,18,20)/t11-/m0/s1. The highest BCUT2D eigenvalue weighted by Gasteiger charge is 2.29. The number of hydrogen-bond acceptors (Lipinski definition) is 4. The predicted molar refractivity (Wildman–Crippen MR) is 82.5 cm³/mol. The van der Waals surface area contributed by atoms with Gasteiger partial charge < -0.3 is 5.32 Å². The highest BCUT2D eigenvalue weighted by Crippen LogP contribution is 2.38. The minimum absolute atomic E-state index is 0.0613. The summed E-state index contributed by atoms with van der Waals surface area (Å²) in [5.41, 5.74) is 2.47. The van der Waals surface area contributed by atoms with Crippen molar-refractivity contribution in [2.24, 2.45) is 0 Å². The monoisotopic (exact) mass is 302 g/mol. The number of nitrogens with one attached hydrogen (secondary N) is 2. The van der Waals surface area contributed by atoms with Crippen molar-refractivity contribution in [2.45, 2.75) is 31.7 Å². The molecule has 6 heteroatoms. The minimum Gasteiger partial charge on any atom is -0.311 e. The van der Waals surface area contributed by atoms with E-state index >= 15 is 0 Å². The zero-order valence-corrected chi connectivity index (χ0v) is 12.6. The van der Waals surface area contributed by atoms with Gasteiger partial charge in [0, 0.05) is 29.3 Å². The van der Waals surface area contributed by atoms with Gasteiger partial charge in [-0.2, -0.15) is 5.10 Å². The van der Waals surface area contributed by atoms with Crippen LogP contribution in [0.25, 0.3) is 0 Å². The Balaban J connectivity index is 1.57. The normalized spacial score (nSPS) is 22.3. The van der Waals surface area contributed by atoms with Crippen molar-refractivity contribution < 1.29 is 4.79 Å². The zero-order chi connectivity index (χ0) is 14.2. The molecule has 2 aromatic heterocycles. The molecule has 1 amide bonds. The molecule has 0 aromatic carbocycles. The molecule has 1 atom stereocenters. The molecule has 0 unspecified atom stereocenters. The molecule has 5 nitrogen and oxygen atoms in total. The van der Waals surface area contributed by atoms with Gasteiger partial charge in [0.25, 0.3) is 0 Å². The van der Waals surface area contributed by atoms with Crippen molar-refractivity contribution >= 4 is 23.1 Å². The van der Waals surface area contributed by atoms with Gasteiger partial charge in [0.2, 0.25) is 5.91 Å². The van der Waals surface area contributed by atoms with Crippen LogP contribution < -0.4 is 5.32 Å². The van der Waals surface area contributed by atoms with Gasteiger partial charge in [-0.25, -0.2) is 0 Å². The molecular weight excluding hydrogens is 284 g/mol. The smallest absolute Gasteiger partial charge is 0.226 e. The number of thiophene rings is 1. The molecule has 2 N–H and O–H groups in total. The van der Waals surface area contributed by atoms with Gasteiger partial charge in [0.15, 0.2) is 0 Å². The van der Waals surface area contributed by atoms with Crippen LogP contribution in [0.2, 0.25) is 0 Å². The van der Waals surface area contributed by atoms with E-state index in [0.29, 0.717) is 6.42 Å². The lowest BCUT2D eigenvalue weighted by atomic mass is 9.92. The summed E-state index contributed by atoms with van der Waals surface area (Å²) in [6.07, 6.45) is 4.98. The van der Waals surface area contributed by atoms with Crippen LogP contribution in [-0.4, -0.2) is 34.1 Å². The fraction of sp³-hybridized carbons (Fsp3) is 0.467. The van der Waals surface area contributed by atoms with Crippen LogP contribution in [0.4, 0.5) is 5.82 Å². The molecule has 1 saturated heterocycles. The lowest BCUT2D eigenvalue weighted by Gasteiger charge is -2.20. The van der Waals surface area contributed by atoms with Gasteiger partial charge in [-0.05, 0) is 42.9 Å². The number of carbonyl (C=O) groups is 1. The third-order valence-electron chi connectivity index (χ3n) is 4.32. The first-order valence-electron chi connectivity index (χ1n) is 7.42. The van der Waals surface area contributed by atoms with Crippen LogP contribution in [0.5, 0.6) is 0 Å². The molecule has 2 aliphatic heterocycles. The molecule has 2 aromatic rings. The summed E-state index contributed by atoms with van der Waals surface area (Å²) in [6.45, 7) is 3.46. The summed E-state index contributed by atoms with van der Waals surface area (Å²) >= 11 is 1.76. The SMILES string of the molecule is O=C1C[C@H](c2cc(CN3CCCC3)cs2)c2cn[nH]c2N1. The van der Waals surface area contributed by atoms with Crippen molar-refractivity contribution in [3.63, 3.8) is 0 Å². The summed E-state index contributed by atoms with van der Waals surface area (Å²) in [7, 11) is 0. The Morgan fingerprint density at radius 2 is 2.24 bits per heavy atom. The Morgan fingerprint density at radius 3 is 3.10 bits per heavy atom. The molecule has 0 saturated carbocycles. The number of fused-ring (bicyclic) bond motifs is 1. The first-order chi connectivity index (χ1) is 10.3. The predicted octanol–water partition coefficient (Wildman–Crippen LogP) is 2.54. The molecule has 0 bridgehead atoms. The second-order valence-electron chi connectivity index (χ2n) is 5.85. The number of H-pyrrole nitrogens is 1. The average molecular weight is 302 g/mol. The van der Waals surface area contributed by atoms with E-state index in [4.69, 9.17) is 0 Å². The van der Waals surface area contributed by atoms with E-state index < -0.39 is 0 Å². The quantitative estimate of drug-likeness (QED) is 0.916. The maximum absolute atomic E-state index is 11.8. The van der Waals surface area contributed by atoms with Crippen molar-refractivity contribution in [2.75, 3.05) is 18.4 Å². The second kappa shape index (κ2) is 5.27. The number of rotatable bonds is 3. The van der Waals surface area contributed by atoms with Gasteiger partial charge in [-0.1, -0.05) is 0 Å². The molecule has 4 rings (SSSR count). The summed E-state index contributed by atoms with van der Waals surface area (Å²) in [5.74, 6) is 0.960. The summed E-state index contributed by atoms with van der Waals surface area (Å²) in [5, 5.41) is 12.0. The third kappa shape index (κ3) is 2.49. The Morgan fingerprint density at radius 1 is 1.38 bits per heavy atom. The van der Waals surface area contributed by atoms with Crippen molar-refractivity contribution in [1.29, 1.82) is 0 Å². The number of anilines is 1. The topological polar surface area (TPSA) is 61.0 Å². The number of nitrogens with zero attached hydrogens (tertiary/aromatic N) is 2. The van der Waals surface area contributed by atoms with Crippen molar-refractivity contribution in [3.8, 4) is 0 Å². The van der Waals surface area contributed by atoms with Crippen LogP contribution in [0, 0.1) is 0 Å². The zero-order valence-electron chi connectivity index (χ0n) is 11.8. The molecule has 110 valence electrons. The Labute approximate surface area is 127 Å². The second-order valence-corrected chi connectivity index (χ2v) is 6.79. The number of amides is 1. The Hall–Kier alpha value is -1.66. The van der Waals surface area contributed by atoms with Crippen LogP contribution in [0.3, 0.4) is 0 Å². The number of aromatic amines is 1. The maximum Gasteiger partial charge on any atom is 0.226 e. The van der Waals surface area contributed by atoms with Crippen molar-refractivity contribution in [1.82, 2.24) is 15.1 Å². The van der Waals surface area contributed by atoms with Crippen LogP contribution >= 0.6 is 11.3 Å². The van der Waals surface area contributed by atoms with Gasteiger partial charge in [-0.3, -0.25) is 14.8 Å². The minimum atomic E-state index is 0.0613. The van der Waals surface area contributed by atoms with E-state index in [1.807, 2.05) is 6.20 Å².